The summed E-state index contributed by atoms with van der Waals surface area (Å²) in [4.78, 5) is 0. The number of hydrogen-bond donors (Lipinski definition) is 1. The van der Waals surface area contributed by atoms with Crippen molar-refractivity contribution < 1.29 is 13.9 Å². The number of aliphatic hydroxyl groups is 1. The van der Waals surface area contributed by atoms with Crippen molar-refractivity contribution in [2.45, 2.75) is 12.5 Å². The first-order valence-electron chi connectivity index (χ1n) is 1.46. The van der Waals surface area contributed by atoms with Crippen LogP contribution in [0.25, 0.3) is 0 Å². The summed E-state index contributed by atoms with van der Waals surface area (Å²) in [5.74, 6) is 0. The van der Waals surface area contributed by atoms with Crippen LogP contribution in [-0.2, 0) is 0 Å². The third-order valence-corrected chi connectivity index (χ3v) is 0.301. The van der Waals surface area contributed by atoms with Crippen molar-refractivity contribution >= 4 is 0 Å². The molecule has 0 heterocycles. The van der Waals surface area contributed by atoms with Crippen LogP contribution in [-0.4, -0.2) is 11.2 Å². The summed E-state index contributed by atoms with van der Waals surface area (Å²) in [6.45, 7) is 2.76. The van der Waals surface area contributed by atoms with Gasteiger partial charge in [0.25, 0.3) is 0 Å². The summed E-state index contributed by atoms with van der Waals surface area (Å²) in [6, 6.07) is 0. The van der Waals surface area contributed by atoms with Crippen molar-refractivity contribution in [1.82, 2.24) is 0 Å². The molecule has 0 amide bonds. The molecule has 0 aromatic carbocycles. The van der Waals surface area contributed by atoms with Crippen molar-refractivity contribution in [3.8, 4) is 0 Å². The molecule has 0 unspecified atom stereocenters. The predicted molar refractivity (Wildman–Crippen MR) is 17.1 cm³/mol. The molecular weight excluding hydrogens is 90.0 g/mol. The number of rotatable bonds is 1. The molecule has 0 aliphatic heterocycles. The lowest BCUT2D eigenvalue weighted by atomic mass is 10.5. The monoisotopic (exact) mass is 95.0 g/mol. The molecule has 0 spiro atoms. The van der Waals surface area contributed by atoms with Gasteiger partial charge in [-0.15, -0.1) is 0 Å². The molecule has 0 saturated carbocycles. The molecule has 0 rings (SSSR count). The van der Waals surface area contributed by atoms with E-state index in [1.165, 1.54) is 0 Å². The Kier molecular flexibility index (Phi) is 1.47. The van der Waals surface area contributed by atoms with Crippen LogP contribution in [0.2, 0.25) is 0 Å². The Labute approximate surface area is 34.6 Å². The van der Waals surface area contributed by atoms with Crippen molar-refractivity contribution in [2.75, 3.05) is 0 Å². The number of hydrogen-bond acceptors (Lipinski definition) is 1. The summed E-state index contributed by atoms with van der Waals surface area (Å²) < 4.78 is 21.9. The topological polar surface area (TPSA) is 20.2 Å². The summed E-state index contributed by atoms with van der Waals surface area (Å²) >= 11 is 0. The van der Waals surface area contributed by atoms with Gasteiger partial charge in [0.1, 0.15) is 0 Å². The first-order valence-corrected chi connectivity index (χ1v) is 1.46. The summed E-state index contributed by atoms with van der Waals surface area (Å²) in [6.07, 6.45) is -4.33. The number of halogens is 2. The Morgan fingerprint density at radius 2 is 1.83 bits per heavy atom. The van der Waals surface area contributed by atoms with Crippen LogP contribution in [0.5, 0.6) is 0 Å². The van der Waals surface area contributed by atoms with Crippen molar-refractivity contribution in [3.05, 3.63) is 6.92 Å². The molecule has 0 atom stereocenters. The average Bonchev–Trinajstić information content (AvgIpc) is 1.35. The Balaban J connectivity index is 3.17. The van der Waals surface area contributed by atoms with Crippen LogP contribution < -0.4 is 0 Å². The largest absolute Gasteiger partial charge is 0.353 e. The molecule has 6 heavy (non-hydrogen) atoms. The van der Waals surface area contributed by atoms with Gasteiger partial charge in [0, 0.05) is 6.42 Å². The van der Waals surface area contributed by atoms with Gasteiger partial charge in [-0.25, -0.2) is 0 Å². The van der Waals surface area contributed by atoms with Crippen LogP contribution in [0.3, 0.4) is 0 Å². The summed E-state index contributed by atoms with van der Waals surface area (Å²) in [5.41, 5.74) is 0. The minimum Gasteiger partial charge on any atom is -0.336 e. The lowest BCUT2D eigenvalue weighted by molar-refractivity contribution is -0.195. The van der Waals surface area contributed by atoms with E-state index in [4.69, 9.17) is 5.11 Å². The SMILES string of the molecule is [CH2]CC(O)(F)F. The molecule has 1 radical (unpaired) electrons. The average molecular weight is 95.1 g/mol. The maximum absolute atomic E-state index is 10.9. The van der Waals surface area contributed by atoms with E-state index in [9.17, 15) is 8.78 Å². The Hall–Kier alpha value is -0.180. The maximum Gasteiger partial charge on any atom is 0.353 e. The lowest BCUT2D eigenvalue weighted by Gasteiger charge is -2.00. The van der Waals surface area contributed by atoms with Crippen molar-refractivity contribution in [3.63, 3.8) is 0 Å². The fourth-order valence-electron chi connectivity index (χ4n) is 0. The fraction of sp³-hybridized carbons (Fsp3) is 0.667. The molecule has 0 aromatic rings. The fourth-order valence-corrected chi connectivity index (χ4v) is 0. The van der Waals surface area contributed by atoms with Gasteiger partial charge < -0.3 is 5.11 Å². The smallest absolute Gasteiger partial charge is 0.336 e. The standard InChI is InChI=1S/C3H5F2O/c1-2-3(4,5)6/h6H,1-2H2. The highest BCUT2D eigenvalue weighted by Gasteiger charge is 2.19. The molecular formula is C3H5F2O. The van der Waals surface area contributed by atoms with E-state index in [2.05, 4.69) is 6.92 Å². The molecule has 0 bridgehead atoms. The zero-order chi connectivity index (χ0) is 5.21. The van der Waals surface area contributed by atoms with Gasteiger partial charge in [0.2, 0.25) is 0 Å². The van der Waals surface area contributed by atoms with E-state index >= 15 is 0 Å². The molecule has 0 aliphatic rings. The minimum absolute atomic E-state index is 0.757. The molecule has 0 saturated heterocycles. The molecule has 0 aromatic heterocycles. The van der Waals surface area contributed by atoms with Gasteiger partial charge in [0.05, 0.1) is 0 Å². The van der Waals surface area contributed by atoms with Gasteiger partial charge in [-0.1, -0.05) is 0 Å². The second-order valence-corrected chi connectivity index (χ2v) is 0.916. The van der Waals surface area contributed by atoms with Gasteiger partial charge in [-0.2, -0.15) is 8.78 Å². The highest BCUT2D eigenvalue weighted by atomic mass is 19.3. The Morgan fingerprint density at radius 1 is 1.67 bits per heavy atom. The Bertz CT molecular complexity index is 38.5. The third-order valence-electron chi connectivity index (χ3n) is 0.301. The molecule has 3 heteroatoms. The third kappa shape index (κ3) is 3.82. The molecule has 0 fully saturated rings. The second kappa shape index (κ2) is 1.51. The van der Waals surface area contributed by atoms with Gasteiger partial charge >= 0.3 is 6.11 Å². The van der Waals surface area contributed by atoms with E-state index in [1.807, 2.05) is 0 Å². The number of alkyl halides is 2. The quantitative estimate of drug-likeness (QED) is 0.510. The highest BCUT2D eigenvalue weighted by molar-refractivity contribution is 4.47. The van der Waals surface area contributed by atoms with E-state index in [-0.39, 0.29) is 0 Å². The van der Waals surface area contributed by atoms with Crippen molar-refractivity contribution in [1.29, 1.82) is 0 Å². The normalized spacial score (nSPS) is 12.0. The van der Waals surface area contributed by atoms with E-state index in [1.54, 1.807) is 0 Å². The first kappa shape index (κ1) is 5.82. The van der Waals surface area contributed by atoms with E-state index in [0.29, 0.717) is 0 Å². The van der Waals surface area contributed by atoms with Crippen LogP contribution in [0.1, 0.15) is 6.42 Å². The summed E-state index contributed by atoms with van der Waals surface area (Å²) in [7, 11) is 0. The maximum atomic E-state index is 10.9. The zero-order valence-electron chi connectivity index (χ0n) is 3.12. The first-order chi connectivity index (χ1) is 2.56. The molecule has 1 N–H and O–H groups in total. The molecule has 37 valence electrons. The van der Waals surface area contributed by atoms with Crippen LogP contribution in [0.15, 0.2) is 0 Å². The predicted octanol–water partition coefficient (Wildman–Crippen LogP) is 0.796. The van der Waals surface area contributed by atoms with Crippen LogP contribution >= 0.6 is 0 Å². The Morgan fingerprint density at radius 3 is 1.83 bits per heavy atom. The van der Waals surface area contributed by atoms with Crippen LogP contribution in [0.4, 0.5) is 8.78 Å². The molecule has 0 aliphatic carbocycles. The van der Waals surface area contributed by atoms with E-state index in [0.717, 1.165) is 0 Å². The minimum atomic E-state index is -3.57. The second-order valence-electron chi connectivity index (χ2n) is 0.916. The highest BCUT2D eigenvalue weighted by Crippen LogP contribution is 2.10. The van der Waals surface area contributed by atoms with Gasteiger partial charge in [-0.3, -0.25) is 0 Å². The summed E-state index contributed by atoms with van der Waals surface area (Å²) in [5, 5.41) is 7.43. The zero-order valence-corrected chi connectivity index (χ0v) is 3.12. The molecule has 1 nitrogen and oxygen atoms in total. The lowest BCUT2D eigenvalue weighted by Crippen LogP contribution is -2.10. The van der Waals surface area contributed by atoms with Crippen molar-refractivity contribution in [2.24, 2.45) is 0 Å². The van der Waals surface area contributed by atoms with Gasteiger partial charge in [0.15, 0.2) is 0 Å². The van der Waals surface area contributed by atoms with E-state index < -0.39 is 12.5 Å². The van der Waals surface area contributed by atoms with Gasteiger partial charge in [-0.05, 0) is 6.92 Å². The van der Waals surface area contributed by atoms with Crippen LogP contribution in [0, 0.1) is 6.92 Å².